The fraction of sp³-hybridized carbons (Fsp3) is 0.179. The third kappa shape index (κ3) is 5.27. The summed E-state index contributed by atoms with van der Waals surface area (Å²) in [5, 5.41) is 12.7. The van der Waals surface area contributed by atoms with Crippen LogP contribution in [-0.2, 0) is 19.5 Å². The second kappa shape index (κ2) is 10.9. The zero-order valence-electron chi connectivity index (χ0n) is 20.0. The van der Waals surface area contributed by atoms with E-state index in [4.69, 9.17) is 28.5 Å². The van der Waals surface area contributed by atoms with E-state index in [0.29, 0.717) is 47.7 Å². The smallest absolute Gasteiger partial charge is 0.326 e. The molecule has 4 aromatic rings. The summed E-state index contributed by atoms with van der Waals surface area (Å²) in [6.07, 6.45) is 5.84. The third-order valence-electron chi connectivity index (χ3n) is 6.49. The number of carbonyl (C=O) groups is 1. The zero-order valence-corrected chi connectivity index (χ0v) is 21.5. The number of halogens is 4. The highest BCUT2D eigenvalue weighted by Gasteiger charge is 2.27. The quantitative estimate of drug-likeness (QED) is 0.294. The third-order valence-corrected chi connectivity index (χ3v) is 6.99. The summed E-state index contributed by atoms with van der Waals surface area (Å²) in [6.45, 7) is 1.98. The maximum Gasteiger partial charge on any atom is 0.326 e. The van der Waals surface area contributed by atoms with Gasteiger partial charge in [-0.25, -0.2) is 18.6 Å². The number of amides is 1. The van der Waals surface area contributed by atoms with Gasteiger partial charge in [-0.1, -0.05) is 41.4 Å². The average molecular weight is 552 g/mol. The van der Waals surface area contributed by atoms with E-state index in [1.165, 1.54) is 24.3 Å². The maximum absolute atomic E-state index is 14.5. The predicted molar refractivity (Wildman–Crippen MR) is 143 cm³/mol. The van der Waals surface area contributed by atoms with Crippen LogP contribution in [0.4, 0.5) is 13.6 Å². The van der Waals surface area contributed by atoms with Crippen LogP contribution in [0.15, 0.2) is 54.7 Å². The van der Waals surface area contributed by atoms with Crippen LogP contribution in [0.2, 0.25) is 10.2 Å². The molecule has 38 heavy (non-hydrogen) atoms. The number of nitrogens with one attached hydrogen (secondary N) is 1. The molecule has 1 amide bonds. The molecular weight excluding hydrogens is 531 g/mol. The SMILES string of the molecule is N#Cc1ccc(/C=C/CN2CCc3c(c4cc(F)c(Cl)cc4n3C(=O)NCc3ccnc(Cl)c3)C2)cc1F. The summed E-state index contributed by atoms with van der Waals surface area (Å²) in [5.41, 5.74) is 3.66. The molecule has 0 aliphatic carbocycles. The van der Waals surface area contributed by atoms with E-state index in [2.05, 4.69) is 15.2 Å². The molecule has 192 valence electrons. The molecule has 2 aromatic carbocycles. The molecule has 1 aliphatic rings. The zero-order chi connectivity index (χ0) is 26.8. The van der Waals surface area contributed by atoms with Crippen molar-refractivity contribution in [2.45, 2.75) is 19.5 Å². The Balaban J connectivity index is 1.38. The van der Waals surface area contributed by atoms with E-state index < -0.39 is 11.6 Å². The molecule has 1 aliphatic heterocycles. The number of fused-ring (bicyclic) bond motifs is 3. The lowest BCUT2D eigenvalue weighted by atomic mass is 10.0. The Labute approximate surface area is 227 Å². The van der Waals surface area contributed by atoms with Gasteiger partial charge in [0.1, 0.15) is 22.9 Å². The monoisotopic (exact) mass is 551 g/mol. The van der Waals surface area contributed by atoms with E-state index in [1.807, 2.05) is 12.1 Å². The van der Waals surface area contributed by atoms with Crippen molar-refractivity contribution in [1.82, 2.24) is 19.8 Å². The predicted octanol–water partition coefficient (Wildman–Crippen LogP) is 6.32. The van der Waals surface area contributed by atoms with Crippen LogP contribution in [0.3, 0.4) is 0 Å². The van der Waals surface area contributed by atoms with E-state index in [1.54, 1.807) is 35.0 Å². The van der Waals surface area contributed by atoms with Crippen molar-refractivity contribution in [3.8, 4) is 6.07 Å². The van der Waals surface area contributed by atoms with Crippen LogP contribution < -0.4 is 5.32 Å². The average Bonchev–Trinajstić information content (AvgIpc) is 3.20. The van der Waals surface area contributed by atoms with Crippen molar-refractivity contribution in [3.05, 3.63) is 104 Å². The molecule has 6 nitrogen and oxygen atoms in total. The van der Waals surface area contributed by atoms with E-state index in [-0.39, 0.29) is 23.2 Å². The van der Waals surface area contributed by atoms with Crippen molar-refractivity contribution in [2.24, 2.45) is 0 Å². The van der Waals surface area contributed by atoms with Crippen LogP contribution in [0.25, 0.3) is 17.0 Å². The number of carbonyl (C=O) groups excluding carboxylic acids is 1. The van der Waals surface area contributed by atoms with Crippen LogP contribution in [-0.4, -0.2) is 33.6 Å². The van der Waals surface area contributed by atoms with Gasteiger partial charge in [0.15, 0.2) is 0 Å². The lowest BCUT2D eigenvalue weighted by Crippen LogP contribution is -2.34. The van der Waals surface area contributed by atoms with Gasteiger partial charge in [-0.2, -0.15) is 5.26 Å². The Morgan fingerprint density at radius 2 is 2.00 bits per heavy atom. The Hall–Kier alpha value is -3.77. The van der Waals surface area contributed by atoms with E-state index in [0.717, 1.165) is 16.8 Å². The van der Waals surface area contributed by atoms with Crippen molar-refractivity contribution in [1.29, 1.82) is 5.26 Å². The van der Waals surface area contributed by atoms with Crippen molar-refractivity contribution in [3.63, 3.8) is 0 Å². The van der Waals surface area contributed by atoms with Crippen molar-refractivity contribution in [2.75, 3.05) is 13.1 Å². The van der Waals surface area contributed by atoms with Gasteiger partial charge in [-0.05, 0) is 53.1 Å². The van der Waals surface area contributed by atoms with Gasteiger partial charge in [0, 0.05) is 49.9 Å². The van der Waals surface area contributed by atoms with Gasteiger partial charge in [0.2, 0.25) is 0 Å². The summed E-state index contributed by atoms with van der Waals surface area (Å²) in [4.78, 5) is 19.4. The first-order chi connectivity index (χ1) is 18.3. The van der Waals surface area contributed by atoms with E-state index in [9.17, 15) is 13.6 Å². The first-order valence-electron chi connectivity index (χ1n) is 11.8. The molecule has 0 spiro atoms. The molecule has 3 heterocycles. The number of hydrogen-bond donors (Lipinski definition) is 1. The van der Waals surface area contributed by atoms with Gasteiger partial charge in [-0.3, -0.25) is 9.47 Å². The van der Waals surface area contributed by atoms with Crippen molar-refractivity contribution < 1.29 is 13.6 Å². The van der Waals surface area contributed by atoms with Gasteiger partial charge in [-0.15, -0.1) is 0 Å². The Morgan fingerprint density at radius 3 is 2.76 bits per heavy atom. The maximum atomic E-state index is 14.5. The number of rotatable bonds is 5. The van der Waals surface area contributed by atoms with Gasteiger partial charge in [0.25, 0.3) is 0 Å². The first kappa shape index (κ1) is 25.9. The standard InChI is InChI=1S/C28H21Cl2F2N5O/c29-22-13-26-20(12-24(22)32)21-16-36(8-1-2-17-3-4-19(14-33)23(31)10-17)9-6-25(21)37(26)28(38)35-15-18-5-7-34-27(30)11-18/h1-5,7,10-13H,6,8-9,15-16H2,(H,35,38)/b2-1+. The van der Waals surface area contributed by atoms with Crippen LogP contribution in [0.5, 0.6) is 0 Å². The molecule has 0 atom stereocenters. The highest BCUT2D eigenvalue weighted by molar-refractivity contribution is 6.31. The number of nitrogens with zero attached hydrogens (tertiary/aromatic N) is 4. The molecule has 0 fully saturated rings. The highest BCUT2D eigenvalue weighted by atomic mass is 35.5. The van der Waals surface area contributed by atoms with E-state index >= 15 is 0 Å². The second-order valence-electron chi connectivity index (χ2n) is 8.93. The minimum absolute atomic E-state index is 0.00282. The normalized spacial score (nSPS) is 13.6. The summed E-state index contributed by atoms with van der Waals surface area (Å²) in [7, 11) is 0. The molecular formula is C28H21Cl2F2N5O. The lowest BCUT2D eigenvalue weighted by molar-refractivity contribution is 0.240. The Morgan fingerprint density at radius 1 is 1.16 bits per heavy atom. The minimum Gasteiger partial charge on any atom is -0.333 e. The molecule has 0 saturated carbocycles. The summed E-state index contributed by atoms with van der Waals surface area (Å²) in [6, 6.07) is 12.2. The Kier molecular flexibility index (Phi) is 7.43. The highest BCUT2D eigenvalue weighted by Crippen LogP contribution is 2.34. The molecule has 1 N–H and O–H groups in total. The molecule has 10 heteroatoms. The second-order valence-corrected chi connectivity index (χ2v) is 9.72. The van der Waals surface area contributed by atoms with Crippen molar-refractivity contribution >= 4 is 46.2 Å². The molecule has 0 unspecified atom stereocenters. The molecule has 0 radical (unpaired) electrons. The number of pyridine rings is 1. The summed E-state index contributed by atoms with van der Waals surface area (Å²) < 4.78 is 29.9. The number of benzene rings is 2. The molecule has 5 rings (SSSR count). The van der Waals surface area contributed by atoms with Gasteiger partial charge < -0.3 is 5.32 Å². The number of hydrogen-bond acceptors (Lipinski definition) is 4. The van der Waals surface area contributed by atoms with Crippen LogP contribution >= 0.6 is 23.2 Å². The lowest BCUT2D eigenvalue weighted by Gasteiger charge is -2.27. The topological polar surface area (TPSA) is 74.0 Å². The molecule has 0 saturated heterocycles. The van der Waals surface area contributed by atoms with Gasteiger partial charge in [0.05, 0.1) is 16.1 Å². The van der Waals surface area contributed by atoms with Crippen LogP contribution in [0, 0.1) is 23.0 Å². The minimum atomic E-state index is -0.559. The van der Waals surface area contributed by atoms with Gasteiger partial charge >= 0.3 is 6.03 Å². The number of aromatic nitrogens is 2. The fourth-order valence-corrected chi connectivity index (χ4v) is 5.02. The summed E-state index contributed by atoms with van der Waals surface area (Å²) >= 11 is 12.0. The molecule has 2 aromatic heterocycles. The fourth-order valence-electron chi connectivity index (χ4n) is 4.67. The van der Waals surface area contributed by atoms with Crippen LogP contribution in [0.1, 0.15) is 27.9 Å². The Bertz CT molecular complexity index is 1630. The summed E-state index contributed by atoms with van der Waals surface area (Å²) in [5.74, 6) is -1.11. The molecule has 0 bridgehead atoms. The number of nitriles is 1. The first-order valence-corrected chi connectivity index (χ1v) is 12.6. The largest absolute Gasteiger partial charge is 0.333 e.